The molecule has 1 rings (SSSR count). The zero-order chi connectivity index (χ0) is 13.9. The highest BCUT2D eigenvalue weighted by atomic mass is 16.4. The number of carboxylic acid groups (broad SMARTS) is 1. The molecule has 2 N–H and O–H groups in total. The molecule has 0 spiro atoms. The lowest BCUT2D eigenvalue weighted by molar-refractivity contribution is -0.151. The lowest BCUT2D eigenvalue weighted by Crippen LogP contribution is -2.38. The zero-order valence-corrected chi connectivity index (χ0v) is 11.2. The number of carbonyl (C=O) groups is 2. The Labute approximate surface area is 107 Å². The molecular weight excluding hydrogens is 230 g/mol. The molecule has 4 heteroatoms. The molecule has 0 radical (unpaired) electrons. The maximum atomic E-state index is 12.0. The summed E-state index contributed by atoms with van der Waals surface area (Å²) in [6.07, 6.45) is 0. The summed E-state index contributed by atoms with van der Waals surface area (Å²) >= 11 is 0. The van der Waals surface area contributed by atoms with Crippen molar-refractivity contribution >= 4 is 17.6 Å². The minimum atomic E-state index is -1.44. The van der Waals surface area contributed by atoms with E-state index in [-0.39, 0.29) is 5.92 Å². The number of anilines is 1. The average Bonchev–Trinajstić information content (AvgIpc) is 2.29. The number of para-hydroxylation sites is 1. The van der Waals surface area contributed by atoms with Gasteiger partial charge in [-0.1, -0.05) is 32.0 Å². The average molecular weight is 249 g/mol. The van der Waals surface area contributed by atoms with Gasteiger partial charge in [-0.25, -0.2) is 0 Å². The molecule has 1 amide bonds. The SMILES string of the molecule is CC(C)c1ccccc1NC(=O)C(C)(C)C(=O)O. The summed E-state index contributed by atoms with van der Waals surface area (Å²) in [5.74, 6) is -1.39. The van der Waals surface area contributed by atoms with Crippen molar-refractivity contribution in [1.29, 1.82) is 0 Å². The number of aliphatic carboxylic acids is 1. The van der Waals surface area contributed by atoms with Gasteiger partial charge >= 0.3 is 5.97 Å². The predicted molar refractivity (Wildman–Crippen MR) is 70.6 cm³/mol. The Morgan fingerprint density at radius 1 is 1.22 bits per heavy atom. The molecule has 1 aromatic rings. The zero-order valence-electron chi connectivity index (χ0n) is 11.2. The number of benzene rings is 1. The predicted octanol–water partition coefficient (Wildman–Crippen LogP) is 2.86. The van der Waals surface area contributed by atoms with Crippen LogP contribution in [-0.4, -0.2) is 17.0 Å². The lowest BCUT2D eigenvalue weighted by Gasteiger charge is -2.20. The van der Waals surface area contributed by atoms with Crippen LogP contribution in [0.4, 0.5) is 5.69 Å². The number of hydrogen-bond acceptors (Lipinski definition) is 2. The topological polar surface area (TPSA) is 66.4 Å². The van der Waals surface area contributed by atoms with Crippen LogP contribution in [0.3, 0.4) is 0 Å². The summed E-state index contributed by atoms with van der Waals surface area (Å²) in [5.41, 5.74) is 0.225. The van der Waals surface area contributed by atoms with Crippen molar-refractivity contribution in [2.24, 2.45) is 5.41 Å². The quantitative estimate of drug-likeness (QED) is 0.806. The molecule has 18 heavy (non-hydrogen) atoms. The summed E-state index contributed by atoms with van der Waals surface area (Å²) in [5, 5.41) is 11.7. The van der Waals surface area contributed by atoms with Crippen molar-refractivity contribution in [3.63, 3.8) is 0 Å². The van der Waals surface area contributed by atoms with E-state index in [2.05, 4.69) is 5.32 Å². The molecule has 0 aliphatic carbocycles. The number of nitrogens with one attached hydrogen (secondary N) is 1. The van der Waals surface area contributed by atoms with E-state index >= 15 is 0 Å². The number of rotatable bonds is 4. The normalized spacial score (nSPS) is 11.4. The third-order valence-corrected chi connectivity index (χ3v) is 2.93. The van der Waals surface area contributed by atoms with Crippen LogP contribution in [0.5, 0.6) is 0 Å². The van der Waals surface area contributed by atoms with E-state index in [0.29, 0.717) is 5.69 Å². The van der Waals surface area contributed by atoms with Crippen molar-refractivity contribution in [3.8, 4) is 0 Å². The summed E-state index contributed by atoms with van der Waals surface area (Å²) in [6, 6.07) is 7.42. The van der Waals surface area contributed by atoms with Crippen LogP contribution in [0.2, 0.25) is 0 Å². The highest BCUT2D eigenvalue weighted by molar-refractivity contribution is 6.07. The monoisotopic (exact) mass is 249 g/mol. The van der Waals surface area contributed by atoms with Gasteiger partial charge in [-0.2, -0.15) is 0 Å². The summed E-state index contributed by atoms with van der Waals surface area (Å²) in [4.78, 5) is 23.0. The van der Waals surface area contributed by atoms with Crippen molar-refractivity contribution in [2.45, 2.75) is 33.6 Å². The Morgan fingerprint density at radius 3 is 2.28 bits per heavy atom. The summed E-state index contributed by atoms with van der Waals surface area (Å²) in [7, 11) is 0. The second-order valence-corrected chi connectivity index (χ2v) is 5.13. The fraction of sp³-hybridized carbons (Fsp3) is 0.429. The highest BCUT2D eigenvalue weighted by Crippen LogP contribution is 2.26. The van der Waals surface area contributed by atoms with Crippen LogP contribution < -0.4 is 5.32 Å². The highest BCUT2D eigenvalue weighted by Gasteiger charge is 2.36. The molecule has 0 heterocycles. The molecule has 1 aromatic carbocycles. The summed E-state index contributed by atoms with van der Waals surface area (Å²) in [6.45, 7) is 6.83. The van der Waals surface area contributed by atoms with E-state index in [1.54, 1.807) is 6.07 Å². The van der Waals surface area contributed by atoms with E-state index < -0.39 is 17.3 Å². The van der Waals surface area contributed by atoms with Crippen LogP contribution in [0.1, 0.15) is 39.2 Å². The van der Waals surface area contributed by atoms with Crippen molar-refractivity contribution in [2.75, 3.05) is 5.32 Å². The van der Waals surface area contributed by atoms with E-state index in [1.807, 2.05) is 32.0 Å². The third-order valence-electron chi connectivity index (χ3n) is 2.93. The molecule has 0 aliphatic rings. The standard InChI is InChI=1S/C14H19NO3/c1-9(2)10-7-5-6-8-11(10)15-12(16)14(3,4)13(17)18/h5-9H,1-4H3,(H,15,16)(H,17,18). The van der Waals surface area contributed by atoms with Gasteiger partial charge in [0.15, 0.2) is 0 Å². The molecule has 0 fully saturated rings. The van der Waals surface area contributed by atoms with Crippen LogP contribution in [0.15, 0.2) is 24.3 Å². The fourth-order valence-electron chi connectivity index (χ4n) is 1.49. The molecule has 0 aliphatic heterocycles. The largest absolute Gasteiger partial charge is 0.480 e. The van der Waals surface area contributed by atoms with E-state index in [1.165, 1.54) is 13.8 Å². The minimum absolute atomic E-state index is 0.259. The van der Waals surface area contributed by atoms with Gasteiger partial charge in [0.2, 0.25) is 5.91 Å². The van der Waals surface area contributed by atoms with Gasteiger partial charge < -0.3 is 10.4 Å². The van der Waals surface area contributed by atoms with E-state index in [4.69, 9.17) is 5.11 Å². The maximum absolute atomic E-state index is 12.0. The molecule has 0 unspecified atom stereocenters. The number of carbonyl (C=O) groups excluding carboxylic acids is 1. The maximum Gasteiger partial charge on any atom is 0.318 e. The lowest BCUT2D eigenvalue weighted by atomic mass is 9.92. The van der Waals surface area contributed by atoms with Crippen LogP contribution in [0, 0.1) is 5.41 Å². The van der Waals surface area contributed by atoms with Crippen molar-refractivity contribution < 1.29 is 14.7 Å². The number of amides is 1. The van der Waals surface area contributed by atoms with E-state index in [0.717, 1.165) is 5.56 Å². The molecule has 0 saturated carbocycles. The first-order chi connectivity index (χ1) is 8.26. The number of carboxylic acids is 1. The van der Waals surface area contributed by atoms with Crippen LogP contribution in [-0.2, 0) is 9.59 Å². The first-order valence-corrected chi connectivity index (χ1v) is 5.90. The first-order valence-electron chi connectivity index (χ1n) is 5.90. The van der Waals surface area contributed by atoms with Gasteiger partial charge in [0.1, 0.15) is 5.41 Å². The van der Waals surface area contributed by atoms with Crippen molar-refractivity contribution in [1.82, 2.24) is 0 Å². The van der Waals surface area contributed by atoms with E-state index in [9.17, 15) is 9.59 Å². The molecule has 0 aromatic heterocycles. The van der Waals surface area contributed by atoms with Crippen molar-refractivity contribution in [3.05, 3.63) is 29.8 Å². The Morgan fingerprint density at radius 2 is 1.78 bits per heavy atom. The fourth-order valence-corrected chi connectivity index (χ4v) is 1.49. The Kier molecular flexibility index (Phi) is 4.11. The molecule has 4 nitrogen and oxygen atoms in total. The van der Waals surface area contributed by atoms with Gasteiger partial charge in [-0.15, -0.1) is 0 Å². The molecule has 0 bridgehead atoms. The van der Waals surface area contributed by atoms with Crippen LogP contribution >= 0.6 is 0 Å². The molecular formula is C14H19NO3. The van der Waals surface area contributed by atoms with Gasteiger partial charge in [-0.05, 0) is 31.4 Å². The smallest absolute Gasteiger partial charge is 0.318 e. The van der Waals surface area contributed by atoms with Gasteiger partial charge in [0, 0.05) is 5.69 Å². The second-order valence-electron chi connectivity index (χ2n) is 5.13. The Balaban J connectivity index is 2.99. The molecule has 0 saturated heterocycles. The minimum Gasteiger partial charge on any atom is -0.480 e. The Bertz CT molecular complexity index is 464. The molecule has 0 atom stereocenters. The van der Waals surface area contributed by atoms with Gasteiger partial charge in [0.25, 0.3) is 0 Å². The molecule has 98 valence electrons. The van der Waals surface area contributed by atoms with Gasteiger partial charge in [-0.3, -0.25) is 9.59 Å². The number of hydrogen-bond donors (Lipinski definition) is 2. The second kappa shape index (κ2) is 5.21. The van der Waals surface area contributed by atoms with Crippen LogP contribution in [0.25, 0.3) is 0 Å². The first kappa shape index (κ1) is 14.2. The van der Waals surface area contributed by atoms with Gasteiger partial charge in [0.05, 0.1) is 0 Å². The summed E-state index contributed by atoms with van der Waals surface area (Å²) < 4.78 is 0. The third kappa shape index (κ3) is 2.88. The Hall–Kier alpha value is -1.84.